The van der Waals surface area contributed by atoms with Gasteiger partial charge in [-0.1, -0.05) is 23.7 Å². The van der Waals surface area contributed by atoms with Crippen LogP contribution in [0.3, 0.4) is 0 Å². The smallest absolute Gasteiger partial charge is 0.254 e. The highest BCUT2D eigenvalue weighted by Gasteiger charge is 2.18. The van der Waals surface area contributed by atoms with Crippen LogP contribution in [0.4, 0.5) is 0 Å². The Morgan fingerprint density at radius 1 is 1.16 bits per heavy atom. The minimum Gasteiger partial charge on any atom is -0.335 e. The molecule has 1 heterocycles. The minimum atomic E-state index is -0.0233. The lowest BCUT2D eigenvalue weighted by atomic mass is 10.1. The van der Waals surface area contributed by atoms with Crippen molar-refractivity contribution in [3.8, 4) is 0 Å². The van der Waals surface area contributed by atoms with Gasteiger partial charge in [0.25, 0.3) is 5.91 Å². The number of carbonyl (C=O) groups excluding carboxylic acids is 1. The molecule has 4 heteroatoms. The lowest BCUT2D eigenvalue weighted by Gasteiger charge is -2.25. The highest BCUT2D eigenvalue weighted by atomic mass is 35.5. The number of aromatic nitrogens is 1. The Bertz CT molecular complexity index is 554. The summed E-state index contributed by atoms with van der Waals surface area (Å²) < 4.78 is 0. The molecule has 1 atom stereocenters. The Balaban J connectivity index is 2.17. The first-order valence-corrected chi connectivity index (χ1v) is 6.40. The van der Waals surface area contributed by atoms with Gasteiger partial charge in [-0.2, -0.15) is 0 Å². The fourth-order valence-corrected chi connectivity index (χ4v) is 1.96. The van der Waals surface area contributed by atoms with Crippen LogP contribution in [0.1, 0.15) is 28.9 Å². The van der Waals surface area contributed by atoms with Gasteiger partial charge in [-0.3, -0.25) is 9.78 Å². The van der Waals surface area contributed by atoms with Gasteiger partial charge in [0, 0.05) is 30.0 Å². The van der Waals surface area contributed by atoms with Gasteiger partial charge in [0.15, 0.2) is 0 Å². The number of hydrogen-bond donors (Lipinski definition) is 0. The van der Waals surface area contributed by atoms with Gasteiger partial charge in [-0.05, 0) is 36.8 Å². The van der Waals surface area contributed by atoms with E-state index in [-0.39, 0.29) is 11.9 Å². The highest BCUT2D eigenvalue weighted by Crippen LogP contribution is 2.22. The van der Waals surface area contributed by atoms with Crippen molar-refractivity contribution in [2.24, 2.45) is 0 Å². The normalized spacial score (nSPS) is 11.9. The molecule has 2 rings (SSSR count). The molecule has 0 aliphatic heterocycles. The molecule has 0 radical (unpaired) electrons. The van der Waals surface area contributed by atoms with Crippen LogP contribution in [-0.2, 0) is 0 Å². The molecule has 0 bridgehead atoms. The van der Waals surface area contributed by atoms with E-state index < -0.39 is 0 Å². The maximum absolute atomic E-state index is 12.3. The summed E-state index contributed by atoms with van der Waals surface area (Å²) >= 11 is 5.87. The summed E-state index contributed by atoms with van der Waals surface area (Å²) in [6, 6.07) is 10.9. The molecule has 98 valence electrons. The molecular formula is C15H15ClN2O. The summed E-state index contributed by atoms with van der Waals surface area (Å²) in [6.45, 7) is 1.99. The van der Waals surface area contributed by atoms with Crippen LogP contribution in [0, 0.1) is 0 Å². The number of nitrogens with zero attached hydrogens (tertiary/aromatic N) is 2. The molecule has 1 amide bonds. The Labute approximate surface area is 117 Å². The van der Waals surface area contributed by atoms with Crippen LogP contribution in [0.5, 0.6) is 0 Å². The maximum Gasteiger partial charge on any atom is 0.254 e. The Kier molecular flexibility index (Phi) is 4.17. The summed E-state index contributed by atoms with van der Waals surface area (Å²) in [4.78, 5) is 17.9. The molecule has 0 fully saturated rings. The van der Waals surface area contributed by atoms with Crippen molar-refractivity contribution in [1.29, 1.82) is 0 Å². The van der Waals surface area contributed by atoms with E-state index >= 15 is 0 Å². The predicted molar refractivity (Wildman–Crippen MR) is 76.2 cm³/mol. The number of amides is 1. The van der Waals surface area contributed by atoms with Crippen molar-refractivity contribution in [3.63, 3.8) is 0 Å². The summed E-state index contributed by atoms with van der Waals surface area (Å²) in [5, 5.41) is 0.694. The average Bonchev–Trinajstić information content (AvgIpc) is 2.46. The topological polar surface area (TPSA) is 33.2 Å². The van der Waals surface area contributed by atoms with Gasteiger partial charge in [-0.15, -0.1) is 0 Å². The van der Waals surface area contributed by atoms with E-state index in [1.54, 1.807) is 36.5 Å². The lowest BCUT2D eigenvalue weighted by molar-refractivity contribution is 0.0742. The Morgan fingerprint density at radius 2 is 1.74 bits per heavy atom. The van der Waals surface area contributed by atoms with E-state index in [9.17, 15) is 4.79 Å². The van der Waals surface area contributed by atoms with Gasteiger partial charge < -0.3 is 4.90 Å². The lowest BCUT2D eigenvalue weighted by Crippen LogP contribution is -2.29. The molecule has 2 aromatic rings. The quantitative estimate of drug-likeness (QED) is 0.857. The van der Waals surface area contributed by atoms with Gasteiger partial charge in [0.2, 0.25) is 0 Å². The SMILES string of the molecule is CC(c1ccc(Cl)cc1)N(C)C(=O)c1ccncc1. The summed E-state index contributed by atoms with van der Waals surface area (Å²) in [7, 11) is 1.79. The maximum atomic E-state index is 12.3. The van der Waals surface area contributed by atoms with E-state index in [1.165, 1.54) is 0 Å². The molecule has 0 saturated carbocycles. The fraction of sp³-hybridized carbons (Fsp3) is 0.200. The number of pyridine rings is 1. The molecule has 1 aromatic carbocycles. The zero-order valence-corrected chi connectivity index (χ0v) is 11.6. The molecule has 0 aliphatic carbocycles. The zero-order valence-electron chi connectivity index (χ0n) is 10.9. The fourth-order valence-electron chi connectivity index (χ4n) is 1.84. The average molecular weight is 275 g/mol. The predicted octanol–water partition coefficient (Wildman–Crippen LogP) is 3.57. The first-order chi connectivity index (χ1) is 9.09. The molecule has 3 nitrogen and oxygen atoms in total. The van der Waals surface area contributed by atoms with Crippen LogP contribution in [0.15, 0.2) is 48.8 Å². The molecule has 1 unspecified atom stereocenters. The van der Waals surface area contributed by atoms with Crippen LogP contribution in [0.2, 0.25) is 5.02 Å². The Morgan fingerprint density at radius 3 is 2.32 bits per heavy atom. The van der Waals surface area contributed by atoms with Crippen molar-refractivity contribution in [1.82, 2.24) is 9.88 Å². The number of hydrogen-bond acceptors (Lipinski definition) is 2. The van der Waals surface area contributed by atoms with Crippen LogP contribution >= 0.6 is 11.6 Å². The van der Waals surface area contributed by atoms with Crippen LogP contribution in [-0.4, -0.2) is 22.8 Å². The molecule has 0 aliphatic rings. The van der Waals surface area contributed by atoms with Gasteiger partial charge in [-0.25, -0.2) is 0 Å². The first-order valence-electron chi connectivity index (χ1n) is 6.02. The molecule has 0 N–H and O–H groups in total. The van der Waals surface area contributed by atoms with Gasteiger partial charge in [0.1, 0.15) is 0 Å². The first kappa shape index (κ1) is 13.6. The monoisotopic (exact) mass is 274 g/mol. The van der Waals surface area contributed by atoms with Gasteiger partial charge >= 0.3 is 0 Å². The summed E-state index contributed by atoms with van der Waals surface area (Å²) in [5.74, 6) is -0.0233. The molecule has 19 heavy (non-hydrogen) atoms. The molecular weight excluding hydrogens is 260 g/mol. The summed E-state index contributed by atoms with van der Waals surface area (Å²) in [6.07, 6.45) is 3.24. The van der Waals surface area contributed by atoms with E-state index in [0.717, 1.165) is 5.56 Å². The largest absolute Gasteiger partial charge is 0.335 e. The third kappa shape index (κ3) is 3.12. The number of carbonyl (C=O) groups is 1. The van der Waals surface area contributed by atoms with E-state index in [1.807, 2.05) is 31.2 Å². The van der Waals surface area contributed by atoms with Crippen molar-refractivity contribution in [2.45, 2.75) is 13.0 Å². The van der Waals surface area contributed by atoms with Crippen molar-refractivity contribution in [3.05, 3.63) is 64.9 Å². The van der Waals surface area contributed by atoms with Gasteiger partial charge in [0.05, 0.1) is 6.04 Å². The molecule has 0 spiro atoms. The van der Waals surface area contributed by atoms with Crippen molar-refractivity contribution in [2.75, 3.05) is 7.05 Å². The van der Waals surface area contributed by atoms with Crippen LogP contribution < -0.4 is 0 Å². The van der Waals surface area contributed by atoms with E-state index in [4.69, 9.17) is 11.6 Å². The van der Waals surface area contributed by atoms with Crippen molar-refractivity contribution < 1.29 is 4.79 Å². The third-order valence-corrected chi connectivity index (χ3v) is 3.43. The Hall–Kier alpha value is -1.87. The van der Waals surface area contributed by atoms with Crippen molar-refractivity contribution >= 4 is 17.5 Å². The standard InChI is InChI=1S/C15H15ClN2O/c1-11(12-3-5-14(16)6-4-12)18(2)15(19)13-7-9-17-10-8-13/h3-11H,1-2H3. The molecule has 0 saturated heterocycles. The third-order valence-electron chi connectivity index (χ3n) is 3.18. The molecule has 1 aromatic heterocycles. The second kappa shape index (κ2) is 5.85. The van der Waals surface area contributed by atoms with Crippen LogP contribution in [0.25, 0.3) is 0 Å². The van der Waals surface area contributed by atoms with E-state index in [0.29, 0.717) is 10.6 Å². The summed E-state index contributed by atoms with van der Waals surface area (Å²) in [5.41, 5.74) is 1.69. The number of halogens is 1. The number of benzene rings is 1. The van der Waals surface area contributed by atoms with E-state index in [2.05, 4.69) is 4.98 Å². The highest BCUT2D eigenvalue weighted by molar-refractivity contribution is 6.30. The second-order valence-corrected chi connectivity index (χ2v) is 4.82. The number of rotatable bonds is 3. The zero-order chi connectivity index (χ0) is 13.8. The minimum absolute atomic E-state index is 0.0158. The second-order valence-electron chi connectivity index (χ2n) is 4.38.